The molecule has 1 aliphatic rings. The van der Waals surface area contributed by atoms with Crippen molar-refractivity contribution in [3.8, 4) is 16.9 Å². The van der Waals surface area contributed by atoms with Crippen LogP contribution in [-0.4, -0.2) is 16.9 Å². The van der Waals surface area contributed by atoms with Crippen molar-refractivity contribution < 1.29 is 4.74 Å². The summed E-state index contributed by atoms with van der Waals surface area (Å²) in [5, 5.41) is 4.44. The van der Waals surface area contributed by atoms with Crippen molar-refractivity contribution in [1.82, 2.24) is 9.78 Å². The molecule has 0 amide bonds. The van der Waals surface area contributed by atoms with Crippen LogP contribution in [0.2, 0.25) is 0 Å². The number of nitrogens with zero attached hydrogens (tertiary/aromatic N) is 2. The average Bonchev–Trinajstić information content (AvgIpc) is 3.05. The molecule has 1 saturated carbocycles. The van der Waals surface area contributed by atoms with E-state index in [9.17, 15) is 0 Å². The smallest absolute Gasteiger partial charge is 0.126 e. The van der Waals surface area contributed by atoms with Gasteiger partial charge in [-0.1, -0.05) is 11.6 Å². The molecule has 0 bridgehead atoms. The van der Waals surface area contributed by atoms with Crippen LogP contribution in [0.5, 0.6) is 5.75 Å². The van der Waals surface area contributed by atoms with Crippen LogP contribution in [-0.2, 0) is 6.54 Å². The van der Waals surface area contributed by atoms with E-state index in [0.29, 0.717) is 0 Å². The second-order valence-electron chi connectivity index (χ2n) is 5.10. The highest BCUT2D eigenvalue weighted by molar-refractivity contribution is 5.70. The van der Waals surface area contributed by atoms with Gasteiger partial charge in [-0.05, 0) is 37.8 Å². The molecule has 1 aromatic carbocycles. The van der Waals surface area contributed by atoms with Gasteiger partial charge in [-0.2, -0.15) is 5.10 Å². The minimum atomic E-state index is 0.845. The van der Waals surface area contributed by atoms with E-state index in [1.54, 1.807) is 7.11 Å². The van der Waals surface area contributed by atoms with Crippen molar-refractivity contribution in [2.24, 2.45) is 5.92 Å². The molecule has 0 atom stereocenters. The van der Waals surface area contributed by atoms with Gasteiger partial charge in [-0.15, -0.1) is 0 Å². The van der Waals surface area contributed by atoms with Crippen LogP contribution >= 0.6 is 0 Å². The SMILES string of the molecule is COc1ccc(C)cc1-c1cnn(CC2CC2)c1. The average molecular weight is 242 g/mol. The minimum absolute atomic E-state index is 0.845. The van der Waals surface area contributed by atoms with Gasteiger partial charge >= 0.3 is 0 Å². The largest absolute Gasteiger partial charge is 0.496 e. The number of benzene rings is 1. The third-order valence-electron chi connectivity index (χ3n) is 3.44. The fourth-order valence-electron chi connectivity index (χ4n) is 2.21. The lowest BCUT2D eigenvalue weighted by Crippen LogP contribution is -1.99. The monoisotopic (exact) mass is 242 g/mol. The third kappa shape index (κ3) is 2.26. The Morgan fingerprint density at radius 2 is 2.22 bits per heavy atom. The standard InChI is InChI=1S/C15H18N2O/c1-11-3-6-15(18-2)14(7-11)13-8-16-17(10-13)9-12-4-5-12/h3,6-8,10,12H,4-5,9H2,1-2H3. The molecular weight excluding hydrogens is 224 g/mol. The molecule has 0 spiro atoms. The Balaban J connectivity index is 1.92. The van der Waals surface area contributed by atoms with Gasteiger partial charge in [0.2, 0.25) is 0 Å². The van der Waals surface area contributed by atoms with E-state index in [-0.39, 0.29) is 0 Å². The van der Waals surface area contributed by atoms with Crippen LogP contribution in [0.1, 0.15) is 18.4 Å². The van der Waals surface area contributed by atoms with E-state index in [0.717, 1.165) is 29.3 Å². The number of aromatic nitrogens is 2. The molecule has 1 heterocycles. The molecule has 0 saturated heterocycles. The fraction of sp³-hybridized carbons (Fsp3) is 0.400. The highest BCUT2D eigenvalue weighted by atomic mass is 16.5. The number of hydrogen-bond donors (Lipinski definition) is 0. The van der Waals surface area contributed by atoms with Crippen LogP contribution in [0.25, 0.3) is 11.1 Å². The van der Waals surface area contributed by atoms with Crippen molar-refractivity contribution in [3.63, 3.8) is 0 Å². The number of hydrogen-bond acceptors (Lipinski definition) is 2. The van der Waals surface area contributed by atoms with Crippen LogP contribution < -0.4 is 4.74 Å². The highest BCUT2D eigenvalue weighted by Crippen LogP contribution is 2.33. The second kappa shape index (κ2) is 4.48. The number of ether oxygens (including phenoxy) is 1. The summed E-state index contributed by atoms with van der Waals surface area (Å²) in [6.07, 6.45) is 6.75. The molecule has 3 nitrogen and oxygen atoms in total. The van der Waals surface area contributed by atoms with Crippen LogP contribution in [0.3, 0.4) is 0 Å². The van der Waals surface area contributed by atoms with Gasteiger partial charge in [0.25, 0.3) is 0 Å². The van der Waals surface area contributed by atoms with Gasteiger partial charge in [-0.3, -0.25) is 4.68 Å². The summed E-state index contributed by atoms with van der Waals surface area (Å²) in [7, 11) is 1.71. The summed E-state index contributed by atoms with van der Waals surface area (Å²) in [6.45, 7) is 3.14. The lowest BCUT2D eigenvalue weighted by Gasteiger charge is -2.07. The molecular formula is C15H18N2O. The Morgan fingerprint density at radius 1 is 1.39 bits per heavy atom. The van der Waals surface area contributed by atoms with Gasteiger partial charge in [0.1, 0.15) is 5.75 Å². The van der Waals surface area contributed by atoms with E-state index in [1.165, 1.54) is 18.4 Å². The third-order valence-corrected chi connectivity index (χ3v) is 3.44. The lowest BCUT2D eigenvalue weighted by atomic mass is 10.1. The maximum absolute atomic E-state index is 5.42. The van der Waals surface area contributed by atoms with E-state index in [1.807, 2.05) is 12.3 Å². The Kier molecular flexibility index (Phi) is 2.82. The Hall–Kier alpha value is -1.77. The molecule has 3 heteroatoms. The quantitative estimate of drug-likeness (QED) is 0.822. The molecule has 18 heavy (non-hydrogen) atoms. The van der Waals surface area contributed by atoms with Crippen LogP contribution in [0.4, 0.5) is 0 Å². The van der Waals surface area contributed by atoms with E-state index < -0.39 is 0 Å². The molecule has 0 N–H and O–H groups in total. The number of methoxy groups -OCH3 is 1. The first-order valence-corrected chi connectivity index (χ1v) is 6.44. The van der Waals surface area contributed by atoms with Gasteiger partial charge < -0.3 is 4.74 Å². The topological polar surface area (TPSA) is 27.1 Å². The number of aryl methyl sites for hydroxylation is 1. The molecule has 94 valence electrons. The van der Waals surface area contributed by atoms with E-state index in [2.05, 4.69) is 35.0 Å². The van der Waals surface area contributed by atoms with Crippen molar-refractivity contribution in [2.45, 2.75) is 26.3 Å². The van der Waals surface area contributed by atoms with Gasteiger partial charge in [0.05, 0.1) is 13.3 Å². The van der Waals surface area contributed by atoms with Crippen molar-refractivity contribution in [1.29, 1.82) is 0 Å². The first-order valence-electron chi connectivity index (χ1n) is 6.44. The molecule has 0 unspecified atom stereocenters. The summed E-state index contributed by atoms with van der Waals surface area (Å²) in [6, 6.07) is 6.23. The summed E-state index contributed by atoms with van der Waals surface area (Å²) in [4.78, 5) is 0. The molecule has 1 aromatic heterocycles. The second-order valence-corrected chi connectivity index (χ2v) is 5.10. The van der Waals surface area contributed by atoms with Crippen LogP contribution in [0.15, 0.2) is 30.6 Å². The van der Waals surface area contributed by atoms with Gasteiger partial charge in [0.15, 0.2) is 0 Å². The summed E-state index contributed by atoms with van der Waals surface area (Å²) < 4.78 is 7.47. The Labute approximate surface area is 107 Å². The van der Waals surface area contributed by atoms with E-state index >= 15 is 0 Å². The number of rotatable bonds is 4. The zero-order valence-corrected chi connectivity index (χ0v) is 10.9. The van der Waals surface area contributed by atoms with Crippen LogP contribution in [0, 0.1) is 12.8 Å². The predicted octanol–water partition coefficient (Wildman–Crippen LogP) is 3.28. The van der Waals surface area contributed by atoms with E-state index in [4.69, 9.17) is 4.74 Å². The lowest BCUT2D eigenvalue weighted by molar-refractivity contribution is 0.416. The normalized spacial score (nSPS) is 14.8. The van der Waals surface area contributed by atoms with Crippen molar-refractivity contribution >= 4 is 0 Å². The highest BCUT2D eigenvalue weighted by Gasteiger charge is 2.22. The van der Waals surface area contributed by atoms with Crippen molar-refractivity contribution in [3.05, 3.63) is 36.2 Å². The molecule has 1 fully saturated rings. The molecule has 2 aromatic rings. The predicted molar refractivity (Wildman–Crippen MR) is 71.7 cm³/mol. The summed E-state index contributed by atoms with van der Waals surface area (Å²) in [5.41, 5.74) is 3.50. The molecule has 1 aliphatic carbocycles. The molecule has 0 radical (unpaired) electrons. The van der Waals surface area contributed by atoms with Gasteiger partial charge in [-0.25, -0.2) is 0 Å². The fourth-order valence-corrected chi connectivity index (χ4v) is 2.21. The Bertz CT molecular complexity index is 555. The first kappa shape index (κ1) is 11.3. The minimum Gasteiger partial charge on any atom is -0.496 e. The first-order chi connectivity index (χ1) is 8.76. The zero-order chi connectivity index (χ0) is 12.5. The summed E-state index contributed by atoms with van der Waals surface area (Å²) in [5.74, 6) is 1.75. The van der Waals surface area contributed by atoms with Gasteiger partial charge in [0, 0.05) is 23.9 Å². The molecule has 3 rings (SSSR count). The summed E-state index contributed by atoms with van der Waals surface area (Å²) >= 11 is 0. The maximum Gasteiger partial charge on any atom is 0.126 e. The Morgan fingerprint density at radius 3 is 2.94 bits per heavy atom. The molecule has 0 aliphatic heterocycles. The zero-order valence-electron chi connectivity index (χ0n) is 10.9. The van der Waals surface area contributed by atoms with Crippen molar-refractivity contribution in [2.75, 3.05) is 7.11 Å². The maximum atomic E-state index is 5.42.